The summed E-state index contributed by atoms with van der Waals surface area (Å²) in [5.41, 5.74) is 0. The Bertz CT molecular complexity index is 349. The van der Waals surface area contributed by atoms with E-state index in [1.54, 1.807) is 0 Å². The molecule has 172 valence electrons. The first-order valence-electron chi connectivity index (χ1n) is 13.9. The van der Waals surface area contributed by atoms with Crippen LogP contribution in [0.5, 0.6) is 0 Å². The van der Waals surface area contributed by atoms with Crippen LogP contribution >= 0.6 is 0 Å². The topological polar surface area (TPSA) is 9.23 Å². The van der Waals surface area contributed by atoms with E-state index in [2.05, 4.69) is 13.8 Å². The summed E-state index contributed by atoms with van der Waals surface area (Å²) in [7, 11) is 0. The van der Waals surface area contributed by atoms with E-state index in [-0.39, 0.29) is 0 Å². The number of unbranched alkanes of at least 4 members (excludes halogenated alkanes) is 10. The summed E-state index contributed by atoms with van der Waals surface area (Å²) in [6.45, 7) is 5.64. The SMILES string of the molecule is CCCCCCCCCCO[C@H]1CC[C@H](C2CCC(CCCCCC)CC2)CC1. The van der Waals surface area contributed by atoms with Crippen molar-refractivity contribution in [3.8, 4) is 0 Å². The predicted molar refractivity (Wildman–Crippen MR) is 129 cm³/mol. The summed E-state index contributed by atoms with van der Waals surface area (Å²) in [6.07, 6.45) is 30.8. The molecule has 0 heterocycles. The molecule has 2 fully saturated rings. The van der Waals surface area contributed by atoms with Crippen LogP contribution in [0.3, 0.4) is 0 Å². The van der Waals surface area contributed by atoms with Crippen molar-refractivity contribution in [3.63, 3.8) is 0 Å². The van der Waals surface area contributed by atoms with E-state index in [4.69, 9.17) is 4.74 Å². The molecule has 29 heavy (non-hydrogen) atoms. The molecule has 0 aromatic rings. The highest BCUT2D eigenvalue weighted by molar-refractivity contribution is 4.82. The highest BCUT2D eigenvalue weighted by Gasteiger charge is 2.30. The summed E-state index contributed by atoms with van der Waals surface area (Å²) in [5.74, 6) is 3.14. The Morgan fingerprint density at radius 1 is 0.517 bits per heavy atom. The Labute approximate surface area is 184 Å². The third kappa shape index (κ3) is 11.2. The Morgan fingerprint density at radius 3 is 1.59 bits per heavy atom. The molecule has 0 saturated heterocycles. The van der Waals surface area contributed by atoms with Gasteiger partial charge in [0.05, 0.1) is 6.10 Å². The highest BCUT2D eigenvalue weighted by atomic mass is 16.5. The van der Waals surface area contributed by atoms with Gasteiger partial charge in [-0.1, -0.05) is 104 Å². The molecule has 0 radical (unpaired) electrons. The molecular weight excluding hydrogens is 352 g/mol. The van der Waals surface area contributed by atoms with Gasteiger partial charge in [-0.05, 0) is 62.7 Å². The molecule has 2 saturated carbocycles. The van der Waals surface area contributed by atoms with Crippen molar-refractivity contribution in [1.29, 1.82) is 0 Å². The molecule has 0 aliphatic heterocycles. The number of hydrogen-bond acceptors (Lipinski definition) is 1. The number of hydrogen-bond donors (Lipinski definition) is 0. The molecule has 2 aliphatic rings. The Balaban J connectivity index is 1.43. The third-order valence-electron chi connectivity index (χ3n) is 8.09. The second-order valence-corrected chi connectivity index (χ2v) is 10.5. The van der Waals surface area contributed by atoms with Gasteiger partial charge in [-0.25, -0.2) is 0 Å². The van der Waals surface area contributed by atoms with Crippen LogP contribution in [0.4, 0.5) is 0 Å². The molecule has 0 spiro atoms. The number of rotatable bonds is 16. The first-order valence-corrected chi connectivity index (χ1v) is 13.9. The van der Waals surface area contributed by atoms with Gasteiger partial charge in [0, 0.05) is 6.61 Å². The number of ether oxygens (including phenoxy) is 1. The second-order valence-electron chi connectivity index (χ2n) is 10.5. The van der Waals surface area contributed by atoms with Crippen LogP contribution in [-0.2, 0) is 4.74 Å². The van der Waals surface area contributed by atoms with Gasteiger partial charge in [0.15, 0.2) is 0 Å². The summed E-state index contributed by atoms with van der Waals surface area (Å²) >= 11 is 0. The van der Waals surface area contributed by atoms with Crippen molar-refractivity contribution < 1.29 is 4.74 Å². The van der Waals surface area contributed by atoms with Gasteiger partial charge in [0.25, 0.3) is 0 Å². The van der Waals surface area contributed by atoms with Crippen LogP contribution in [0.25, 0.3) is 0 Å². The van der Waals surface area contributed by atoms with Crippen LogP contribution in [-0.4, -0.2) is 12.7 Å². The lowest BCUT2D eigenvalue weighted by Gasteiger charge is -2.38. The first-order chi connectivity index (χ1) is 14.3. The van der Waals surface area contributed by atoms with E-state index < -0.39 is 0 Å². The molecule has 1 nitrogen and oxygen atoms in total. The molecule has 0 N–H and O–H groups in total. The zero-order valence-electron chi connectivity index (χ0n) is 20.3. The molecule has 0 atom stereocenters. The van der Waals surface area contributed by atoms with Crippen molar-refractivity contribution in [2.75, 3.05) is 6.61 Å². The fourth-order valence-electron chi connectivity index (χ4n) is 6.02. The zero-order valence-corrected chi connectivity index (χ0v) is 20.3. The summed E-state index contributed by atoms with van der Waals surface area (Å²) in [6, 6.07) is 0. The summed E-state index contributed by atoms with van der Waals surface area (Å²) in [5, 5.41) is 0. The van der Waals surface area contributed by atoms with E-state index >= 15 is 0 Å². The Hall–Kier alpha value is -0.0400. The molecule has 0 aromatic carbocycles. The maximum Gasteiger partial charge on any atom is 0.0575 e. The van der Waals surface area contributed by atoms with E-state index in [9.17, 15) is 0 Å². The van der Waals surface area contributed by atoms with E-state index in [0.717, 1.165) is 24.4 Å². The fourth-order valence-corrected chi connectivity index (χ4v) is 6.02. The lowest BCUT2D eigenvalue weighted by atomic mass is 9.70. The molecule has 0 amide bonds. The fraction of sp³-hybridized carbons (Fsp3) is 1.00. The van der Waals surface area contributed by atoms with Gasteiger partial charge in [-0.15, -0.1) is 0 Å². The van der Waals surface area contributed by atoms with Crippen LogP contribution in [0.2, 0.25) is 0 Å². The van der Waals surface area contributed by atoms with E-state index in [1.165, 1.54) is 135 Å². The normalized spacial score (nSPS) is 27.9. The van der Waals surface area contributed by atoms with Gasteiger partial charge in [-0.3, -0.25) is 0 Å². The minimum Gasteiger partial charge on any atom is -0.378 e. The van der Waals surface area contributed by atoms with Gasteiger partial charge < -0.3 is 4.74 Å². The van der Waals surface area contributed by atoms with Gasteiger partial charge >= 0.3 is 0 Å². The van der Waals surface area contributed by atoms with Crippen molar-refractivity contribution in [2.45, 2.75) is 155 Å². The maximum atomic E-state index is 6.24. The highest BCUT2D eigenvalue weighted by Crippen LogP contribution is 2.41. The monoisotopic (exact) mass is 406 g/mol. The minimum absolute atomic E-state index is 0.589. The van der Waals surface area contributed by atoms with Crippen molar-refractivity contribution in [3.05, 3.63) is 0 Å². The lowest BCUT2D eigenvalue weighted by molar-refractivity contribution is 0.00526. The Kier molecular flexibility index (Phi) is 14.5. The standard InChI is InChI=1S/C28H54O/c1-3-5-7-9-10-11-12-14-24-29-28-22-20-27(21-23-28)26-18-16-25(17-19-26)15-13-8-6-4-2/h25-28H,3-24H2,1-2H3/t25?,26?,27-,28-. The molecule has 0 unspecified atom stereocenters. The summed E-state index contributed by atoms with van der Waals surface area (Å²) in [4.78, 5) is 0. The average Bonchev–Trinajstić information content (AvgIpc) is 2.76. The molecule has 0 aromatic heterocycles. The van der Waals surface area contributed by atoms with Crippen LogP contribution in [0, 0.1) is 17.8 Å². The second kappa shape index (κ2) is 16.6. The maximum absolute atomic E-state index is 6.24. The van der Waals surface area contributed by atoms with Gasteiger partial charge in [0.2, 0.25) is 0 Å². The van der Waals surface area contributed by atoms with Crippen LogP contribution in [0.1, 0.15) is 149 Å². The average molecular weight is 407 g/mol. The van der Waals surface area contributed by atoms with Crippen molar-refractivity contribution >= 4 is 0 Å². The first kappa shape index (κ1) is 25.2. The van der Waals surface area contributed by atoms with Crippen molar-refractivity contribution in [2.24, 2.45) is 17.8 Å². The molecule has 1 heteroatoms. The Morgan fingerprint density at radius 2 is 1.00 bits per heavy atom. The van der Waals surface area contributed by atoms with Crippen LogP contribution < -0.4 is 0 Å². The minimum atomic E-state index is 0.589. The van der Waals surface area contributed by atoms with E-state index in [1.807, 2.05) is 0 Å². The molecule has 2 rings (SSSR count). The molecule has 2 aliphatic carbocycles. The van der Waals surface area contributed by atoms with Gasteiger partial charge in [0.1, 0.15) is 0 Å². The predicted octanol–water partition coefficient (Wildman–Crippen LogP) is 9.48. The smallest absolute Gasteiger partial charge is 0.0575 e. The molecular formula is C28H54O. The van der Waals surface area contributed by atoms with Crippen LogP contribution in [0.15, 0.2) is 0 Å². The van der Waals surface area contributed by atoms with E-state index in [0.29, 0.717) is 6.10 Å². The van der Waals surface area contributed by atoms with Gasteiger partial charge in [-0.2, -0.15) is 0 Å². The quantitative estimate of drug-likeness (QED) is 0.232. The summed E-state index contributed by atoms with van der Waals surface area (Å²) < 4.78 is 6.24. The van der Waals surface area contributed by atoms with Crippen molar-refractivity contribution in [1.82, 2.24) is 0 Å². The third-order valence-corrected chi connectivity index (χ3v) is 8.09. The largest absolute Gasteiger partial charge is 0.378 e. The zero-order chi connectivity index (χ0) is 20.6. The molecule has 0 bridgehead atoms. The lowest BCUT2D eigenvalue weighted by Crippen LogP contribution is -2.28.